The molecule has 0 bridgehead atoms. The maximum absolute atomic E-state index is 12.1. The summed E-state index contributed by atoms with van der Waals surface area (Å²) >= 11 is 3.28. The molecule has 2 aromatic rings. The molecule has 0 saturated carbocycles. The van der Waals surface area contributed by atoms with Crippen molar-refractivity contribution in [3.63, 3.8) is 0 Å². The molecule has 0 radical (unpaired) electrons. The van der Waals surface area contributed by atoms with Crippen molar-refractivity contribution in [2.45, 2.75) is 0 Å². The Morgan fingerprint density at radius 1 is 1.35 bits per heavy atom. The molecule has 0 unspecified atom stereocenters. The first-order chi connectivity index (χ1) is 10.9. The van der Waals surface area contributed by atoms with Gasteiger partial charge in [0.25, 0.3) is 0 Å². The molecule has 0 aliphatic rings. The zero-order chi connectivity index (χ0) is 17.0. The highest BCUT2D eigenvalue weighted by molar-refractivity contribution is 9.10. The van der Waals surface area contributed by atoms with Gasteiger partial charge in [-0.2, -0.15) is 0 Å². The first kappa shape index (κ1) is 16.7. The molecular formula is C16H12BrNO5. The molecule has 0 saturated heterocycles. The van der Waals surface area contributed by atoms with Crippen molar-refractivity contribution in [1.29, 1.82) is 0 Å². The fraction of sp³-hybridized carbons (Fsp3) is 0.0625. The Kier molecular flexibility index (Phi) is 5.13. The number of hydrogen-bond donors (Lipinski definition) is 1. The predicted molar refractivity (Wildman–Crippen MR) is 88.8 cm³/mol. The monoisotopic (exact) mass is 377 g/mol. The molecule has 0 fully saturated rings. The second-order valence-electron chi connectivity index (χ2n) is 4.56. The number of nitro groups is 1. The molecule has 6 nitrogen and oxygen atoms in total. The highest BCUT2D eigenvalue weighted by atomic mass is 79.9. The van der Waals surface area contributed by atoms with Gasteiger partial charge < -0.3 is 9.84 Å². The number of allylic oxidation sites excluding steroid dienone is 1. The standard InChI is InChI=1S/C16H12BrNO5/c1-23-15-8-10(7-13(16(15)20)18(21)22)5-6-14(19)11-3-2-4-12(17)9-11/h2-9,20H,1H3. The molecule has 1 N–H and O–H groups in total. The summed E-state index contributed by atoms with van der Waals surface area (Å²) in [6.07, 6.45) is 2.73. The molecule has 23 heavy (non-hydrogen) atoms. The molecule has 0 amide bonds. The van der Waals surface area contributed by atoms with Gasteiger partial charge in [0.15, 0.2) is 11.5 Å². The van der Waals surface area contributed by atoms with Gasteiger partial charge in [-0.3, -0.25) is 14.9 Å². The van der Waals surface area contributed by atoms with Gasteiger partial charge in [0.1, 0.15) is 0 Å². The Morgan fingerprint density at radius 3 is 2.70 bits per heavy atom. The lowest BCUT2D eigenvalue weighted by atomic mass is 10.1. The number of methoxy groups -OCH3 is 1. The number of benzene rings is 2. The number of rotatable bonds is 5. The summed E-state index contributed by atoms with van der Waals surface area (Å²) < 4.78 is 5.68. The fourth-order valence-corrected chi connectivity index (χ4v) is 2.31. The number of carbonyl (C=O) groups is 1. The third-order valence-electron chi connectivity index (χ3n) is 3.03. The minimum atomic E-state index is -0.717. The number of halogens is 1. The topological polar surface area (TPSA) is 89.7 Å². The minimum Gasteiger partial charge on any atom is -0.500 e. The average Bonchev–Trinajstić information content (AvgIpc) is 2.53. The maximum Gasteiger partial charge on any atom is 0.315 e. The number of phenols is 1. The Hall–Kier alpha value is -2.67. The largest absolute Gasteiger partial charge is 0.500 e. The van der Waals surface area contributed by atoms with Crippen molar-refractivity contribution in [1.82, 2.24) is 0 Å². The highest BCUT2D eigenvalue weighted by Crippen LogP contribution is 2.37. The SMILES string of the molecule is COc1cc(C=CC(=O)c2cccc(Br)c2)cc([N+](=O)[O-])c1O. The summed E-state index contributed by atoms with van der Waals surface area (Å²) in [7, 11) is 1.29. The maximum atomic E-state index is 12.1. The normalized spacial score (nSPS) is 10.7. The first-order valence-electron chi connectivity index (χ1n) is 6.45. The van der Waals surface area contributed by atoms with E-state index in [2.05, 4.69) is 15.9 Å². The molecule has 2 aromatic carbocycles. The zero-order valence-electron chi connectivity index (χ0n) is 12.0. The van der Waals surface area contributed by atoms with E-state index < -0.39 is 16.4 Å². The molecule has 0 aromatic heterocycles. The van der Waals surface area contributed by atoms with Crippen LogP contribution in [0.1, 0.15) is 15.9 Å². The number of phenolic OH excluding ortho intramolecular Hbond substituents is 1. The van der Waals surface area contributed by atoms with E-state index in [1.807, 2.05) is 0 Å². The Morgan fingerprint density at radius 2 is 2.09 bits per heavy atom. The van der Waals surface area contributed by atoms with Crippen LogP contribution in [-0.4, -0.2) is 22.9 Å². The summed E-state index contributed by atoms with van der Waals surface area (Å²) in [5.74, 6) is -0.831. The van der Waals surface area contributed by atoms with Crippen LogP contribution in [0.3, 0.4) is 0 Å². The van der Waals surface area contributed by atoms with E-state index in [1.54, 1.807) is 24.3 Å². The van der Waals surface area contributed by atoms with Gasteiger partial charge in [-0.15, -0.1) is 0 Å². The van der Waals surface area contributed by atoms with Gasteiger partial charge >= 0.3 is 5.69 Å². The number of hydrogen-bond acceptors (Lipinski definition) is 5. The first-order valence-corrected chi connectivity index (χ1v) is 7.25. The second-order valence-corrected chi connectivity index (χ2v) is 5.47. The number of ether oxygens (including phenoxy) is 1. The van der Waals surface area contributed by atoms with Crippen molar-refractivity contribution < 1.29 is 19.6 Å². The molecule has 2 rings (SSSR count). The van der Waals surface area contributed by atoms with E-state index in [9.17, 15) is 20.0 Å². The van der Waals surface area contributed by atoms with E-state index >= 15 is 0 Å². The van der Waals surface area contributed by atoms with Gasteiger partial charge in [0.2, 0.25) is 5.75 Å². The van der Waals surface area contributed by atoms with Crippen LogP contribution in [-0.2, 0) is 0 Å². The fourth-order valence-electron chi connectivity index (χ4n) is 1.91. The predicted octanol–water partition coefficient (Wildman–Crippen LogP) is 3.97. The molecule has 0 atom stereocenters. The van der Waals surface area contributed by atoms with Gasteiger partial charge in [-0.05, 0) is 29.8 Å². The second kappa shape index (κ2) is 7.06. The molecule has 0 aliphatic heterocycles. The molecule has 0 heterocycles. The van der Waals surface area contributed by atoms with E-state index in [4.69, 9.17) is 4.74 Å². The van der Waals surface area contributed by atoms with Crippen molar-refractivity contribution in [2.24, 2.45) is 0 Å². The lowest BCUT2D eigenvalue weighted by Gasteiger charge is -2.05. The third kappa shape index (κ3) is 3.95. The smallest absolute Gasteiger partial charge is 0.315 e. The van der Waals surface area contributed by atoms with Gasteiger partial charge in [0, 0.05) is 16.1 Å². The number of nitrogens with zero attached hydrogens (tertiary/aromatic N) is 1. The zero-order valence-corrected chi connectivity index (χ0v) is 13.6. The molecular weight excluding hydrogens is 366 g/mol. The Labute approximate surface area is 140 Å². The van der Waals surface area contributed by atoms with Gasteiger partial charge in [0.05, 0.1) is 12.0 Å². The summed E-state index contributed by atoms with van der Waals surface area (Å²) in [5, 5.41) is 20.6. The molecule has 0 aliphatic carbocycles. The van der Waals surface area contributed by atoms with Crippen molar-refractivity contribution in [3.8, 4) is 11.5 Å². The summed E-state index contributed by atoms with van der Waals surface area (Å²) in [4.78, 5) is 22.3. The van der Waals surface area contributed by atoms with Crippen LogP contribution in [0, 0.1) is 10.1 Å². The van der Waals surface area contributed by atoms with Crippen LogP contribution in [0.2, 0.25) is 0 Å². The van der Waals surface area contributed by atoms with E-state index in [1.165, 1.54) is 31.4 Å². The van der Waals surface area contributed by atoms with E-state index in [0.717, 1.165) is 4.47 Å². The van der Waals surface area contributed by atoms with Gasteiger partial charge in [-0.25, -0.2) is 0 Å². The van der Waals surface area contributed by atoms with Crippen molar-refractivity contribution >= 4 is 33.5 Å². The molecule has 7 heteroatoms. The average molecular weight is 378 g/mol. The summed E-state index contributed by atoms with van der Waals surface area (Å²) in [5.41, 5.74) is 0.365. The third-order valence-corrected chi connectivity index (χ3v) is 3.52. The quantitative estimate of drug-likeness (QED) is 0.368. The molecule has 118 valence electrons. The Bertz CT molecular complexity index is 801. The van der Waals surface area contributed by atoms with Gasteiger partial charge in [-0.1, -0.05) is 34.1 Å². The number of nitro benzene ring substituents is 1. The van der Waals surface area contributed by atoms with E-state index in [0.29, 0.717) is 11.1 Å². The number of ketones is 1. The van der Waals surface area contributed by atoms with Crippen LogP contribution in [0.15, 0.2) is 46.9 Å². The van der Waals surface area contributed by atoms with Crippen LogP contribution in [0.4, 0.5) is 5.69 Å². The van der Waals surface area contributed by atoms with Crippen LogP contribution < -0.4 is 4.74 Å². The lowest BCUT2D eigenvalue weighted by Crippen LogP contribution is -1.95. The number of carbonyl (C=O) groups excluding carboxylic acids is 1. The summed E-state index contributed by atoms with van der Waals surface area (Å²) in [6, 6.07) is 9.45. The molecule has 0 spiro atoms. The van der Waals surface area contributed by atoms with Crippen LogP contribution >= 0.6 is 15.9 Å². The lowest BCUT2D eigenvalue weighted by molar-refractivity contribution is -0.386. The summed E-state index contributed by atoms with van der Waals surface area (Å²) in [6.45, 7) is 0. The van der Waals surface area contributed by atoms with Crippen LogP contribution in [0.5, 0.6) is 11.5 Å². The minimum absolute atomic E-state index is 0.0336. The van der Waals surface area contributed by atoms with Crippen molar-refractivity contribution in [2.75, 3.05) is 7.11 Å². The van der Waals surface area contributed by atoms with E-state index in [-0.39, 0.29) is 11.5 Å². The van der Waals surface area contributed by atoms with Crippen LogP contribution in [0.25, 0.3) is 6.08 Å². The number of aromatic hydroxyl groups is 1. The highest BCUT2D eigenvalue weighted by Gasteiger charge is 2.19. The van der Waals surface area contributed by atoms with Crippen molar-refractivity contribution in [3.05, 3.63) is 68.2 Å². The Balaban J connectivity index is 2.34.